The van der Waals surface area contributed by atoms with Crippen LogP contribution in [0.3, 0.4) is 0 Å². The molecule has 0 aliphatic carbocycles. The summed E-state index contributed by atoms with van der Waals surface area (Å²) in [5, 5.41) is 2.97. The fourth-order valence-corrected chi connectivity index (χ4v) is 2.45. The molecular formula is C17H15BrN4O. The minimum Gasteiger partial charge on any atom is -0.345 e. The van der Waals surface area contributed by atoms with Crippen LogP contribution in [-0.2, 0) is 0 Å². The molecule has 3 rings (SSSR count). The van der Waals surface area contributed by atoms with Crippen LogP contribution < -0.4 is 5.32 Å². The Kier molecular flexibility index (Phi) is 4.52. The summed E-state index contributed by atoms with van der Waals surface area (Å²) in [5.74, 6) is 0.574. The number of nitrogens with one attached hydrogen (secondary N) is 1. The SMILES string of the molecule is CC(NC(=O)c1ccc(-n2ccnc2)nc1)c1ccc(Br)cc1. The molecule has 0 saturated carbocycles. The normalized spacial score (nSPS) is 11.9. The minimum atomic E-state index is -0.148. The van der Waals surface area contributed by atoms with Crippen LogP contribution in [0, 0.1) is 0 Å². The first-order valence-electron chi connectivity index (χ1n) is 7.14. The molecule has 0 saturated heterocycles. The summed E-state index contributed by atoms with van der Waals surface area (Å²) in [6, 6.07) is 11.3. The number of amides is 1. The number of nitrogens with zero attached hydrogens (tertiary/aromatic N) is 3. The molecular weight excluding hydrogens is 356 g/mol. The Morgan fingerprint density at radius 1 is 1.22 bits per heavy atom. The van der Waals surface area contributed by atoms with E-state index in [2.05, 4.69) is 31.2 Å². The van der Waals surface area contributed by atoms with Gasteiger partial charge in [0, 0.05) is 23.1 Å². The second-order valence-corrected chi connectivity index (χ2v) is 6.04. The van der Waals surface area contributed by atoms with Gasteiger partial charge in [-0.05, 0) is 36.8 Å². The van der Waals surface area contributed by atoms with E-state index < -0.39 is 0 Å². The van der Waals surface area contributed by atoms with Crippen LogP contribution in [0.15, 0.2) is 65.8 Å². The Morgan fingerprint density at radius 3 is 2.61 bits per heavy atom. The van der Waals surface area contributed by atoms with E-state index in [4.69, 9.17) is 0 Å². The molecule has 2 aromatic heterocycles. The number of imidazole rings is 1. The van der Waals surface area contributed by atoms with Gasteiger partial charge in [-0.15, -0.1) is 0 Å². The first-order valence-corrected chi connectivity index (χ1v) is 7.93. The molecule has 6 heteroatoms. The average Bonchev–Trinajstić information content (AvgIpc) is 3.10. The number of hydrogen-bond donors (Lipinski definition) is 1. The van der Waals surface area contributed by atoms with Crippen molar-refractivity contribution in [2.75, 3.05) is 0 Å². The predicted molar refractivity (Wildman–Crippen MR) is 91.4 cm³/mol. The van der Waals surface area contributed by atoms with E-state index in [0.29, 0.717) is 5.56 Å². The Hall–Kier alpha value is -2.47. The summed E-state index contributed by atoms with van der Waals surface area (Å²) in [6.07, 6.45) is 6.72. The van der Waals surface area contributed by atoms with Crippen molar-refractivity contribution in [3.8, 4) is 5.82 Å². The standard InChI is InChI=1S/C17H15BrN4O/c1-12(13-2-5-15(18)6-3-13)21-17(23)14-4-7-16(20-10-14)22-9-8-19-11-22/h2-12H,1H3,(H,21,23). The van der Waals surface area contributed by atoms with Gasteiger partial charge in [0.15, 0.2) is 0 Å². The summed E-state index contributed by atoms with van der Waals surface area (Å²) in [7, 11) is 0. The lowest BCUT2D eigenvalue weighted by atomic mass is 10.1. The summed E-state index contributed by atoms with van der Waals surface area (Å²) in [4.78, 5) is 20.6. The molecule has 1 N–H and O–H groups in total. The molecule has 2 heterocycles. The molecule has 23 heavy (non-hydrogen) atoms. The summed E-state index contributed by atoms with van der Waals surface area (Å²) in [6.45, 7) is 1.95. The van der Waals surface area contributed by atoms with E-state index in [1.165, 1.54) is 0 Å². The quantitative estimate of drug-likeness (QED) is 0.764. The van der Waals surface area contributed by atoms with Crippen LogP contribution in [0.4, 0.5) is 0 Å². The van der Waals surface area contributed by atoms with Gasteiger partial charge in [-0.2, -0.15) is 0 Å². The van der Waals surface area contributed by atoms with Crippen molar-refractivity contribution in [3.63, 3.8) is 0 Å². The van der Waals surface area contributed by atoms with Crippen LogP contribution in [0.25, 0.3) is 5.82 Å². The zero-order valence-electron chi connectivity index (χ0n) is 12.5. The van der Waals surface area contributed by atoms with Crippen LogP contribution in [0.2, 0.25) is 0 Å². The maximum Gasteiger partial charge on any atom is 0.253 e. The largest absolute Gasteiger partial charge is 0.345 e. The van der Waals surface area contributed by atoms with Gasteiger partial charge in [-0.25, -0.2) is 9.97 Å². The van der Waals surface area contributed by atoms with E-state index in [0.717, 1.165) is 15.9 Å². The predicted octanol–water partition coefficient (Wildman–Crippen LogP) is 3.52. The lowest BCUT2D eigenvalue weighted by molar-refractivity contribution is 0.0939. The fraction of sp³-hybridized carbons (Fsp3) is 0.118. The first-order chi connectivity index (χ1) is 11.1. The van der Waals surface area contributed by atoms with Crippen LogP contribution in [0.5, 0.6) is 0 Å². The number of aromatic nitrogens is 3. The Morgan fingerprint density at radius 2 is 2.00 bits per heavy atom. The van der Waals surface area contributed by atoms with Gasteiger partial charge < -0.3 is 5.32 Å². The van der Waals surface area contributed by atoms with Crippen molar-refractivity contribution in [2.45, 2.75) is 13.0 Å². The van der Waals surface area contributed by atoms with Crippen LogP contribution in [-0.4, -0.2) is 20.4 Å². The Labute approximate surface area is 142 Å². The molecule has 0 bridgehead atoms. The van der Waals surface area contributed by atoms with Gasteiger partial charge in [0.1, 0.15) is 12.1 Å². The number of hydrogen-bond acceptors (Lipinski definition) is 3. The third-order valence-electron chi connectivity index (χ3n) is 3.50. The first kappa shape index (κ1) is 15.4. The zero-order valence-corrected chi connectivity index (χ0v) is 14.1. The van der Waals surface area contributed by atoms with E-state index in [1.807, 2.05) is 31.2 Å². The molecule has 116 valence electrons. The van der Waals surface area contributed by atoms with Gasteiger partial charge in [0.05, 0.1) is 11.6 Å². The smallest absolute Gasteiger partial charge is 0.253 e. The molecule has 1 amide bonds. The van der Waals surface area contributed by atoms with Gasteiger partial charge in [0.2, 0.25) is 0 Å². The lowest BCUT2D eigenvalue weighted by Gasteiger charge is -2.14. The number of halogens is 1. The fourth-order valence-electron chi connectivity index (χ4n) is 2.18. The Balaban J connectivity index is 1.69. The van der Waals surface area contributed by atoms with Crippen molar-refractivity contribution in [2.24, 2.45) is 0 Å². The average molecular weight is 371 g/mol. The third kappa shape index (κ3) is 3.65. The second-order valence-electron chi connectivity index (χ2n) is 5.12. The number of benzene rings is 1. The highest BCUT2D eigenvalue weighted by atomic mass is 79.9. The summed E-state index contributed by atoms with van der Waals surface area (Å²) < 4.78 is 2.80. The number of carbonyl (C=O) groups is 1. The molecule has 0 radical (unpaired) electrons. The molecule has 1 atom stereocenters. The topological polar surface area (TPSA) is 59.8 Å². The molecule has 1 aromatic carbocycles. The summed E-state index contributed by atoms with van der Waals surface area (Å²) >= 11 is 3.40. The Bertz CT molecular complexity index is 782. The van der Waals surface area contributed by atoms with Crippen molar-refractivity contribution in [3.05, 3.63) is 76.9 Å². The van der Waals surface area contributed by atoms with Crippen molar-refractivity contribution in [1.82, 2.24) is 19.9 Å². The maximum atomic E-state index is 12.3. The molecule has 0 spiro atoms. The maximum absolute atomic E-state index is 12.3. The molecule has 0 aliphatic heterocycles. The van der Waals surface area contributed by atoms with Crippen molar-refractivity contribution in [1.29, 1.82) is 0 Å². The van der Waals surface area contributed by atoms with Crippen LogP contribution >= 0.6 is 15.9 Å². The van der Waals surface area contributed by atoms with Crippen molar-refractivity contribution >= 4 is 21.8 Å². The van der Waals surface area contributed by atoms with Crippen LogP contribution in [0.1, 0.15) is 28.9 Å². The highest BCUT2D eigenvalue weighted by Crippen LogP contribution is 2.17. The number of carbonyl (C=O) groups excluding carboxylic acids is 1. The van der Waals surface area contributed by atoms with Crippen molar-refractivity contribution < 1.29 is 4.79 Å². The number of rotatable bonds is 4. The van der Waals surface area contributed by atoms with E-state index in [9.17, 15) is 4.79 Å². The molecule has 5 nitrogen and oxygen atoms in total. The third-order valence-corrected chi connectivity index (χ3v) is 4.03. The molecule has 3 aromatic rings. The van der Waals surface area contributed by atoms with E-state index in [1.54, 1.807) is 41.6 Å². The van der Waals surface area contributed by atoms with Gasteiger partial charge in [0.25, 0.3) is 5.91 Å². The number of pyridine rings is 1. The van der Waals surface area contributed by atoms with Gasteiger partial charge in [-0.1, -0.05) is 28.1 Å². The minimum absolute atomic E-state index is 0.0797. The van der Waals surface area contributed by atoms with Gasteiger partial charge >= 0.3 is 0 Å². The second kappa shape index (κ2) is 6.75. The molecule has 0 aliphatic rings. The monoisotopic (exact) mass is 370 g/mol. The highest BCUT2D eigenvalue weighted by Gasteiger charge is 2.12. The highest BCUT2D eigenvalue weighted by molar-refractivity contribution is 9.10. The van der Waals surface area contributed by atoms with E-state index in [-0.39, 0.29) is 11.9 Å². The molecule has 0 fully saturated rings. The summed E-state index contributed by atoms with van der Waals surface area (Å²) in [5.41, 5.74) is 1.57. The zero-order chi connectivity index (χ0) is 16.2. The molecule has 1 unspecified atom stereocenters. The van der Waals surface area contributed by atoms with Gasteiger partial charge in [-0.3, -0.25) is 9.36 Å². The van der Waals surface area contributed by atoms with E-state index >= 15 is 0 Å². The lowest BCUT2D eigenvalue weighted by Crippen LogP contribution is -2.26.